The predicted molar refractivity (Wildman–Crippen MR) is 119 cm³/mol. The Kier molecular flexibility index (Phi) is 6.57. The Hall–Kier alpha value is -2.24. The minimum atomic E-state index is 0.373. The van der Waals surface area contributed by atoms with Gasteiger partial charge in [-0.25, -0.2) is 4.98 Å². The van der Waals surface area contributed by atoms with Crippen molar-refractivity contribution in [3.8, 4) is 0 Å². The zero-order valence-electron chi connectivity index (χ0n) is 17.6. The van der Waals surface area contributed by atoms with E-state index >= 15 is 0 Å². The van der Waals surface area contributed by atoms with Gasteiger partial charge in [0.2, 0.25) is 0 Å². The topological polar surface area (TPSA) is 60.0 Å². The molecule has 0 spiro atoms. The Morgan fingerprint density at radius 3 is 2.86 bits per heavy atom. The summed E-state index contributed by atoms with van der Waals surface area (Å²) in [4.78, 5) is 12.2. The lowest BCUT2D eigenvalue weighted by Crippen LogP contribution is -2.29. The predicted octanol–water partition coefficient (Wildman–Crippen LogP) is 4.46. The highest BCUT2D eigenvalue weighted by molar-refractivity contribution is 5.75. The lowest BCUT2D eigenvalue weighted by Gasteiger charge is -2.32. The molecule has 0 saturated carbocycles. The zero-order valence-corrected chi connectivity index (χ0v) is 17.6. The third kappa shape index (κ3) is 4.51. The molecule has 154 valence electrons. The van der Waals surface area contributed by atoms with Crippen LogP contribution in [0.15, 0.2) is 42.6 Å². The van der Waals surface area contributed by atoms with Crippen molar-refractivity contribution in [1.29, 1.82) is 0 Å². The van der Waals surface area contributed by atoms with Crippen molar-refractivity contribution >= 4 is 11.0 Å². The van der Waals surface area contributed by atoms with Crippen molar-refractivity contribution in [2.45, 2.75) is 64.1 Å². The van der Waals surface area contributed by atoms with Gasteiger partial charge in [-0.1, -0.05) is 31.0 Å². The van der Waals surface area contributed by atoms with Gasteiger partial charge in [0.15, 0.2) is 0 Å². The summed E-state index contributed by atoms with van der Waals surface area (Å²) >= 11 is 0. The van der Waals surface area contributed by atoms with Crippen LogP contribution < -0.4 is 5.73 Å². The van der Waals surface area contributed by atoms with Gasteiger partial charge < -0.3 is 10.3 Å². The summed E-state index contributed by atoms with van der Waals surface area (Å²) in [5.74, 6) is 1.16. The molecule has 5 nitrogen and oxygen atoms in total. The third-order valence-corrected chi connectivity index (χ3v) is 6.16. The molecular formula is C24H33N5. The maximum Gasteiger partial charge on any atom is 0.124 e. The van der Waals surface area contributed by atoms with Crippen LogP contribution in [-0.4, -0.2) is 33.0 Å². The first-order chi connectivity index (χ1) is 14.3. The zero-order chi connectivity index (χ0) is 20.1. The standard InChI is InChI=1S/C24H33N5/c1-28(22-14-8-10-19-11-9-16-26-24(19)22)18-23-27-20-12-4-5-13-21(20)29(23)17-7-3-2-6-15-25/h4-5,9,11-13,16,22H,2-3,6-8,10,14-15,17-18,25H2,1H3. The number of nitrogens with two attached hydrogens (primary N) is 1. The van der Waals surface area contributed by atoms with E-state index in [0.717, 1.165) is 43.8 Å². The van der Waals surface area contributed by atoms with E-state index in [1.165, 1.54) is 48.9 Å². The van der Waals surface area contributed by atoms with E-state index in [-0.39, 0.29) is 0 Å². The summed E-state index contributed by atoms with van der Waals surface area (Å²) in [6.45, 7) is 2.66. The molecule has 1 unspecified atom stereocenters. The van der Waals surface area contributed by atoms with Gasteiger partial charge in [0.05, 0.1) is 29.3 Å². The second-order valence-corrected chi connectivity index (χ2v) is 8.24. The number of para-hydroxylation sites is 2. The molecule has 0 amide bonds. The second-order valence-electron chi connectivity index (χ2n) is 8.24. The van der Waals surface area contributed by atoms with Crippen molar-refractivity contribution in [3.63, 3.8) is 0 Å². The van der Waals surface area contributed by atoms with Crippen LogP contribution in [0.3, 0.4) is 0 Å². The van der Waals surface area contributed by atoms with Gasteiger partial charge in [0, 0.05) is 12.7 Å². The number of fused-ring (bicyclic) bond motifs is 2. The molecule has 2 heterocycles. The molecule has 0 bridgehead atoms. The third-order valence-electron chi connectivity index (χ3n) is 6.16. The molecule has 1 aliphatic rings. The number of pyridine rings is 1. The summed E-state index contributed by atoms with van der Waals surface area (Å²) in [6, 6.07) is 13.2. The van der Waals surface area contributed by atoms with E-state index in [0.29, 0.717) is 6.04 Å². The largest absolute Gasteiger partial charge is 0.330 e. The van der Waals surface area contributed by atoms with Crippen molar-refractivity contribution in [2.24, 2.45) is 5.73 Å². The number of hydrogen-bond donors (Lipinski definition) is 1. The van der Waals surface area contributed by atoms with Crippen molar-refractivity contribution in [2.75, 3.05) is 13.6 Å². The van der Waals surface area contributed by atoms with Crippen LogP contribution in [0.4, 0.5) is 0 Å². The smallest absolute Gasteiger partial charge is 0.124 e. The Balaban J connectivity index is 1.53. The summed E-state index contributed by atoms with van der Waals surface area (Å²) < 4.78 is 2.43. The number of unbranched alkanes of at least 4 members (excludes halogenated alkanes) is 3. The first-order valence-corrected chi connectivity index (χ1v) is 11.1. The minimum absolute atomic E-state index is 0.373. The summed E-state index contributed by atoms with van der Waals surface area (Å²) in [7, 11) is 2.22. The van der Waals surface area contributed by atoms with Crippen LogP contribution in [0, 0.1) is 0 Å². The molecule has 1 atom stereocenters. The van der Waals surface area contributed by atoms with Crippen LogP contribution >= 0.6 is 0 Å². The van der Waals surface area contributed by atoms with Gasteiger partial charge in [-0.3, -0.25) is 9.88 Å². The average Bonchev–Trinajstić information content (AvgIpc) is 3.10. The Morgan fingerprint density at radius 1 is 1.10 bits per heavy atom. The van der Waals surface area contributed by atoms with Gasteiger partial charge in [-0.05, 0) is 69.5 Å². The normalized spacial score (nSPS) is 16.4. The number of aromatic nitrogens is 3. The number of imidazole rings is 1. The summed E-state index contributed by atoms with van der Waals surface area (Å²) in [6.07, 6.45) is 10.2. The average molecular weight is 392 g/mol. The van der Waals surface area contributed by atoms with Crippen molar-refractivity contribution < 1.29 is 0 Å². The van der Waals surface area contributed by atoms with E-state index in [1.54, 1.807) is 0 Å². The van der Waals surface area contributed by atoms with E-state index in [9.17, 15) is 0 Å². The SMILES string of the molecule is CN(Cc1nc2ccccc2n1CCCCCCN)C1CCCc2cccnc21. The van der Waals surface area contributed by atoms with Gasteiger partial charge in [-0.15, -0.1) is 0 Å². The number of rotatable bonds is 9. The van der Waals surface area contributed by atoms with Gasteiger partial charge in [0.1, 0.15) is 5.82 Å². The molecule has 4 rings (SSSR count). The number of nitrogens with zero attached hydrogens (tertiary/aromatic N) is 4. The molecule has 0 fully saturated rings. The van der Waals surface area contributed by atoms with Gasteiger partial charge >= 0.3 is 0 Å². The molecule has 1 aliphatic carbocycles. The molecule has 0 radical (unpaired) electrons. The molecule has 29 heavy (non-hydrogen) atoms. The fourth-order valence-electron chi connectivity index (χ4n) is 4.61. The molecular weight excluding hydrogens is 358 g/mol. The fraction of sp³-hybridized carbons (Fsp3) is 0.500. The first kappa shape index (κ1) is 20.0. The highest BCUT2D eigenvalue weighted by Crippen LogP contribution is 2.33. The Labute approximate surface area is 174 Å². The number of benzene rings is 1. The lowest BCUT2D eigenvalue weighted by atomic mass is 9.91. The fourth-order valence-corrected chi connectivity index (χ4v) is 4.61. The van der Waals surface area contributed by atoms with Crippen LogP contribution in [0.25, 0.3) is 11.0 Å². The van der Waals surface area contributed by atoms with Crippen molar-refractivity contribution in [3.05, 3.63) is 59.7 Å². The summed E-state index contributed by atoms with van der Waals surface area (Å²) in [5.41, 5.74) is 10.6. The monoisotopic (exact) mass is 391 g/mol. The van der Waals surface area contributed by atoms with E-state index in [1.807, 2.05) is 6.20 Å². The Bertz CT molecular complexity index is 932. The van der Waals surface area contributed by atoms with E-state index < -0.39 is 0 Å². The lowest BCUT2D eigenvalue weighted by molar-refractivity contribution is 0.201. The van der Waals surface area contributed by atoms with E-state index in [2.05, 4.69) is 52.9 Å². The highest BCUT2D eigenvalue weighted by atomic mass is 15.2. The molecule has 2 aromatic heterocycles. The molecule has 2 N–H and O–H groups in total. The van der Waals surface area contributed by atoms with Crippen LogP contribution in [0.2, 0.25) is 0 Å². The maximum atomic E-state index is 5.64. The van der Waals surface area contributed by atoms with E-state index in [4.69, 9.17) is 15.7 Å². The van der Waals surface area contributed by atoms with Crippen LogP contribution in [0.1, 0.15) is 61.6 Å². The van der Waals surface area contributed by atoms with Gasteiger partial charge in [-0.2, -0.15) is 0 Å². The quantitative estimate of drug-likeness (QED) is 0.547. The van der Waals surface area contributed by atoms with Gasteiger partial charge in [0.25, 0.3) is 0 Å². The molecule has 0 aliphatic heterocycles. The highest BCUT2D eigenvalue weighted by Gasteiger charge is 2.26. The molecule has 1 aromatic carbocycles. The van der Waals surface area contributed by atoms with Crippen LogP contribution in [-0.2, 0) is 19.5 Å². The molecule has 5 heteroatoms. The molecule has 3 aromatic rings. The second kappa shape index (κ2) is 9.51. The first-order valence-electron chi connectivity index (χ1n) is 11.1. The van der Waals surface area contributed by atoms with Crippen LogP contribution in [0.5, 0.6) is 0 Å². The number of hydrogen-bond acceptors (Lipinski definition) is 4. The van der Waals surface area contributed by atoms with Crippen molar-refractivity contribution in [1.82, 2.24) is 19.4 Å². The Morgan fingerprint density at radius 2 is 1.97 bits per heavy atom. The molecule has 0 saturated heterocycles. The minimum Gasteiger partial charge on any atom is -0.330 e. The summed E-state index contributed by atoms with van der Waals surface area (Å²) in [5, 5.41) is 0. The number of aryl methyl sites for hydroxylation is 2. The maximum absolute atomic E-state index is 5.64.